The second-order valence-corrected chi connectivity index (χ2v) is 6.65. The summed E-state index contributed by atoms with van der Waals surface area (Å²) >= 11 is 12.1. The van der Waals surface area contributed by atoms with Crippen molar-refractivity contribution in [3.05, 3.63) is 63.6 Å². The zero-order valence-corrected chi connectivity index (χ0v) is 14.1. The summed E-state index contributed by atoms with van der Waals surface area (Å²) < 4.78 is 0. The number of nitrogen functional groups attached to an aromatic ring is 1. The molecular formula is C18H18Cl2N2O. The molecule has 3 nitrogen and oxygen atoms in total. The van der Waals surface area contributed by atoms with E-state index in [-0.39, 0.29) is 11.9 Å². The van der Waals surface area contributed by atoms with Gasteiger partial charge in [0.1, 0.15) is 0 Å². The molecule has 1 unspecified atom stereocenters. The van der Waals surface area contributed by atoms with Crippen LogP contribution in [0.1, 0.15) is 30.0 Å². The molecule has 0 radical (unpaired) electrons. The first-order valence-corrected chi connectivity index (χ1v) is 8.39. The van der Waals surface area contributed by atoms with E-state index in [2.05, 4.69) is 0 Å². The van der Waals surface area contributed by atoms with E-state index in [4.69, 9.17) is 28.9 Å². The highest BCUT2D eigenvalue weighted by molar-refractivity contribution is 6.42. The summed E-state index contributed by atoms with van der Waals surface area (Å²) in [6.45, 7) is 0.777. The van der Waals surface area contributed by atoms with Crippen LogP contribution in [0.5, 0.6) is 0 Å². The number of anilines is 1. The Balaban J connectivity index is 1.76. The van der Waals surface area contributed by atoms with Gasteiger partial charge >= 0.3 is 0 Å². The summed E-state index contributed by atoms with van der Waals surface area (Å²) in [5.41, 5.74) is 8.41. The minimum absolute atomic E-state index is 0.0750. The molecule has 0 saturated carbocycles. The fraction of sp³-hybridized carbons (Fsp3) is 0.278. The maximum Gasteiger partial charge on any atom is 0.227 e. The number of likely N-dealkylation sites (tertiary alicyclic amines) is 1. The van der Waals surface area contributed by atoms with E-state index in [1.807, 2.05) is 41.3 Å². The van der Waals surface area contributed by atoms with Crippen molar-refractivity contribution < 1.29 is 4.79 Å². The van der Waals surface area contributed by atoms with E-state index >= 15 is 0 Å². The van der Waals surface area contributed by atoms with Crippen molar-refractivity contribution in [2.24, 2.45) is 0 Å². The molecule has 2 N–H and O–H groups in total. The third-order valence-electron chi connectivity index (χ3n) is 4.24. The first kappa shape index (κ1) is 16.2. The predicted octanol–water partition coefficient (Wildman–Crippen LogP) is 4.48. The van der Waals surface area contributed by atoms with Gasteiger partial charge < -0.3 is 10.6 Å². The van der Waals surface area contributed by atoms with Crippen LogP contribution in [-0.4, -0.2) is 17.4 Å². The first-order valence-electron chi connectivity index (χ1n) is 7.63. The largest absolute Gasteiger partial charge is 0.399 e. The fourth-order valence-corrected chi connectivity index (χ4v) is 3.35. The Morgan fingerprint density at radius 1 is 1.13 bits per heavy atom. The minimum atomic E-state index is 0.0750. The van der Waals surface area contributed by atoms with Crippen LogP contribution in [0.2, 0.25) is 10.0 Å². The van der Waals surface area contributed by atoms with E-state index in [0.29, 0.717) is 22.2 Å². The van der Waals surface area contributed by atoms with Crippen LogP contribution in [0, 0.1) is 0 Å². The number of nitrogens with two attached hydrogens (primary N) is 1. The maximum absolute atomic E-state index is 12.7. The summed E-state index contributed by atoms with van der Waals surface area (Å²) in [5, 5.41) is 1.06. The highest BCUT2D eigenvalue weighted by Gasteiger charge is 2.30. The van der Waals surface area contributed by atoms with Gasteiger partial charge in [0.05, 0.1) is 22.5 Å². The molecule has 2 aromatic carbocycles. The van der Waals surface area contributed by atoms with Gasteiger partial charge in [-0.05, 0) is 48.2 Å². The number of carbonyl (C=O) groups is 1. The third kappa shape index (κ3) is 3.62. The van der Waals surface area contributed by atoms with Crippen LogP contribution in [-0.2, 0) is 11.2 Å². The second kappa shape index (κ2) is 6.81. The molecule has 0 spiro atoms. The lowest BCUT2D eigenvalue weighted by atomic mass is 10.0. The van der Waals surface area contributed by atoms with Crippen LogP contribution in [0.25, 0.3) is 0 Å². The predicted molar refractivity (Wildman–Crippen MR) is 94.7 cm³/mol. The highest BCUT2D eigenvalue weighted by Crippen LogP contribution is 2.35. The molecule has 23 heavy (non-hydrogen) atoms. The van der Waals surface area contributed by atoms with Gasteiger partial charge in [-0.25, -0.2) is 0 Å². The van der Waals surface area contributed by atoms with E-state index in [9.17, 15) is 4.79 Å². The summed E-state index contributed by atoms with van der Waals surface area (Å²) in [7, 11) is 0. The van der Waals surface area contributed by atoms with Gasteiger partial charge in [0.25, 0.3) is 0 Å². The zero-order valence-electron chi connectivity index (χ0n) is 12.6. The summed E-state index contributed by atoms with van der Waals surface area (Å²) in [6.07, 6.45) is 2.34. The summed E-state index contributed by atoms with van der Waals surface area (Å²) in [5.74, 6) is 0.128. The second-order valence-electron chi connectivity index (χ2n) is 5.84. The molecule has 2 aromatic rings. The molecule has 0 bridgehead atoms. The quantitative estimate of drug-likeness (QED) is 0.831. The van der Waals surface area contributed by atoms with Crippen molar-refractivity contribution in [2.45, 2.75) is 25.3 Å². The standard InChI is InChI=1S/C18H18Cl2N2O/c19-15-8-5-13(11-16(15)20)17-2-1-9-22(17)18(23)10-12-3-6-14(21)7-4-12/h3-8,11,17H,1-2,9-10,21H2. The number of benzene rings is 2. The van der Waals surface area contributed by atoms with Crippen molar-refractivity contribution in [2.75, 3.05) is 12.3 Å². The average molecular weight is 349 g/mol. The van der Waals surface area contributed by atoms with E-state index in [1.165, 1.54) is 0 Å². The maximum atomic E-state index is 12.7. The molecule has 1 aliphatic heterocycles. The summed E-state index contributed by atoms with van der Waals surface area (Å²) in [4.78, 5) is 14.6. The SMILES string of the molecule is Nc1ccc(CC(=O)N2CCCC2c2ccc(Cl)c(Cl)c2)cc1. The smallest absolute Gasteiger partial charge is 0.227 e. The molecule has 1 heterocycles. The van der Waals surface area contributed by atoms with Crippen molar-refractivity contribution in [1.29, 1.82) is 0 Å². The number of halogens is 2. The molecule has 0 aromatic heterocycles. The van der Waals surface area contributed by atoms with Crippen molar-refractivity contribution in [3.8, 4) is 0 Å². The van der Waals surface area contributed by atoms with Gasteiger partial charge in [0.15, 0.2) is 0 Å². The van der Waals surface area contributed by atoms with Crippen molar-refractivity contribution in [3.63, 3.8) is 0 Å². The highest BCUT2D eigenvalue weighted by atomic mass is 35.5. The number of carbonyl (C=O) groups excluding carboxylic acids is 1. The van der Waals surface area contributed by atoms with Crippen molar-refractivity contribution in [1.82, 2.24) is 4.90 Å². The van der Waals surface area contributed by atoms with Crippen LogP contribution < -0.4 is 5.73 Å². The Morgan fingerprint density at radius 3 is 2.57 bits per heavy atom. The van der Waals surface area contributed by atoms with Crippen molar-refractivity contribution >= 4 is 34.8 Å². The summed E-state index contributed by atoms with van der Waals surface area (Å²) in [6, 6.07) is 13.1. The Hall–Kier alpha value is -1.71. The van der Waals surface area contributed by atoms with E-state index in [1.54, 1.807) is 6.07 Å². The Labute approximate surface area is 146 Å². The molecule has 1 fully saturated rings. The van der Waals surface area contributed by atoms with E-state index < -0.39 is 0 Å². The molecule has 0 aliphatic carbocycles. The lowest BCUT2D eigenvalue weighted by Crippen LogP contribution is -2.31. The van der Waals surface area contributed by atoms with Gasteiger partial charge in [-0.2, -0.15) is 0 Å². The van der Waals surface area contributed by atoms with Gasteiger partial charge in [0, 0.05) is 12.2 Å². The zero-order chi connectivity index (χ0) is 16.4. The molecule has 1 atom stereocenters. The van der Waals surface area contributed by atoms with E-state index in [0.717, 1.165) is 30.5 Å². The first-order chi connectivity index (χ1) is 11.0. The number of nitrogens with zero attached hydrogens (tertiary/aromatic N) is 1. The Bertz CT molecular complexity index is 715. The van der Waals surface area contributed by atoms with Crippen LogP contribution in [0.15, 0.2) is 42.5 Å². The molecule has 1 amide bonds. The Morgan fingerprint density at radius 2 is 1.87 bits per heavy atom. The third-order valence-corrected chi connectivity index (χ3v) is 4.98. The number of hydrogen-bond donors (Lipinski definition) is 1. The van der Waals surface area contributed by atoms with Gasteiger partial charge in [-0.1, -0.05) is 41.4 Å². The molecular weight excluding hydrogens is 331 g/mol. The van der Waals surface area contributed by atoms with Crippen LogP contribution in [0.3, 0.4) is 0 Å². The van der Waals surface area contributed by atoms with Gasteiger partial charge in [-0.15, -0.1) is 0 Å². The Kier molecular flexibility index (Phi) is 4.79. The molecule has 120 valence electrons. The monoisotopic (exact) mass is 348 g/mol. The number of rotatable bonds is 3. The van der Waals surface area contributed by atoms with Gasteiger partial charge in [0.2, 0.25) is 5.91 Å². The molecule has 5 heteroatoms. The van der Waals surface area contributed by atoms with Crippen LogP contribution >= 0.6 is 23.2 Å². The minimum Gasteiger partial charge on any atom is -0.399 e. The number of hydrogen-bond acceptors (Lipinski definition) is 2. The lowest BCUT2D eigenvalue weighted by Gasteiger charge is -2.25. The molecule has 1 saturated heterocycles. The topological polar surface area (TPSA) is 46.3 Å². The lowest BCUT2D eigenvalue weighted by molar-refractivity contribution is -0.131. The van der Waals surface area contributed by atoms with Gasteiger partial charge in [-0.3, -0.25) is 4.79 Å². The molecule has 1 aliphatic rings. The number of amides is 1. The molecule has 3 rings (SSSR count). The average Bonchev–Trinajstić information content (AvgIpc) is 3.02. The normalized spacial score (nSPS) is 17.5. The van der Waals surface area contributed by atoms with Crippen LogP contribution in [0.4, 0.5) is 5.69 Å². The fourth-order valence-electron chi connectivity index (χ4n) is 3.04.